The first-order chi connectivity index (χ1) is 10.2. The van der Waals surface area contributed by atoms with Gasteiger partial charge in [-0.3, -0.25) is 9.59 Å². The third-order valence-electron chi connectivity index (χ3n) is 4.09. The number of piperidine rings is 1. The Balaban J connectivity index is 1.72. The van der Waals surface area contributed by atoms with Crippen molar-refractivity contribution in [1.82, 2.24) is 10.2 Å². The number of amides is 2. The molecule has 0 bridgehead atoms. The zero-order valence-electron chi connectivity index (χ0n) is 12.7. The maximum absolute atomic E-state index is 12.0. The van der Waals surface area contributed by atoms with Crippen LogP contribution in [-0.2, 0) is 16.0 Å². The lowest BCUT2D eigenvalue weighted by atomic mass is 9.90. The van der Waals surface area contributed by atoms with Crippen molar-refractivity contribution in [1.29, 1.82) is 0 Å². The van der Waals surface area contributed by atoms with Crippen molar-refractivity contribution in [2.24, 2.45) is 5.92 Å². The van der Waals surface area contributed by atoms with E-state index in [0.717, 1.165) is 32.4 Å². The fourth-order valence-corrected chi connectivity index (χ4v) is 2.74. The third kappa shape index (κ3) is 4.88. The van der Waals surface area contributed by atoms with Crippen molar-refractivity contribution in [2.75, 3.05) is 19.6 Å². The van der Waals surface area contributed by atoms with Gasteiger partial charge in [0.05, 0.1) is 6.54 Å². The van der Waals surface area contributed by atoms with Gasteiger partial charge in [-0.15, -0.1) is 0 Å². The summed E-state index contributed by atoms with van der Waals surface area (Å²) in [5.74, 6) is 0.624. The van der Waals surface area contributed by atoms with Crippen molar-refractivity contribution in [3.8, 4) is 0 Å². The Kier molecular flexibility index (Phi) is 5.78. The lowest BCUT2D eigenvalue weighted by molar-refractivity contribution is -0.134. The predicted molar refractivity (Wildman–Crippen MR) is 82.8 cm³/mol. The number of hydrogen-bond acceptors (Lipinski definition) is 2. The Morgan fingerprint density at radius 2 is 1.86 bits per heavy atom. The topological polar surface area (TPSA) is 49.4 Å². The zero-order valence-corrected chi connectivity index (χ0v) is 12.7. The van der Waals surface area contributed by atoms with Gasteiger partial charge in [-0.05, 0) is 30.7 Å². The molecule has 0 spiro atoms. The summed E-state index contributed by atoms with van der Waals surface area (Å²) < 4.78 is 0. The Morgan fingerprint density at radius 3 is 2.48 bits per heavy atom. The maximum Gasteiger partial charge on any atom is 0.241 e. The summed E-state index contributed by atoms with van der Waals surface area (Å²) in [6.45, 7) is 3.53. The molecule has 0 aliphatic carbocycles. The van der Waals surface area contributed by atoms with E-state index in [0.29, 0.717) is 12.3 Å². The minimum atomic E-state index is -0.0673. The number of benzene rings is 1. The van der Waals surface area contributed by atoms with Gasteiger partial charge in [0.2, 0.25) is 11.8 Å². The van der Waals surface area contributed by atoms with Gasteiger partial charge in [-0.1, -0.05) is 37.3 Å². The van der Waals surface area contributed by atoms with E-state index in [1.807, 2.05) is 11.0 Å². The molecule has 1 aliphatic heterocycles. The van der Waals surface area contributed by atoms with Gasteiger partial charge in [0, 0.05) is 19.5 Å². The molecule has 1 aromatic rings. The second-order valence-corrected chi connectivity index (χ2v) is 5.64. The Morgan fingerprint density at radius 1 is 1.19 bits per heavy atom. The van der Waals surface area contributed by atoms with Crippen molar-refractivity contribution in [3.05, 3.63) is 35.9 Å². The molecule has 1 heterocycles. The van der Waals surface area contributed by atoms with E-state index in [9.17, 15) is 9.59 Å². The van der Waals surface area contributed by atoms with Gasteiger partial charge >= 0.3 is 0 Å². The SMILES string of the molecule is CCC(=O)NCC(=O)N1CCC(Cc2ccccc2)CC1. The van der Waals surface area contributed by atoms with Gasteiger partial charge in [0.15, 0.2) is 0 Å². The number of nitrogens with one attached hydrogen (secondary N) is 1. The van der Waals surface area contributed by atoms with Gasteiger partial charge in [-0.2, -0.15) is 0 Å². The van der Waals surface area contributed by atoms with Crippen LogP contribution in [0.25, 0.3) is 0 Å². The number of carbonyl (C=O) groups excluding carboxylic acids is 2. The molecule has 1 N–H and O–H groups in total. The molecule has 2 amide bonds. The number of hydrogen-bond donors (Lipinski definition) is 1. The van der Waals surface area contributed by atoms with Crippen LogP contribution in [0.3, 0.4) is 0 Å². The van der Waals surface area contributed by atoms with Crippen LogP contribution in [-0.4, -0.2) is 36.3 Å². The highest BCUT2D eigenvalue weighted by molar-refractivity contribution is 5.84. The lowest BCUT2D eigenvalue weighted by Crippen LogP contribution is -2.44. The molecule has 0 atom stereocenters. The average molecular weight is 288 g/mol. The highest BCUT2D eigenvalue weighted by atomic mass is 16.2. The molecule has 1 aliphatic rings. The molecule has 0 aromatic heterocycles. The smallest absolute Gasteiger partial charge is 0.241 e. The molecule has 2 rings (SSSR count). The molecule has 1 fully saturated rings. The first kappa shape index (κ1) is 15.5. The number of carbonyl (C=O) groups is 2. The summed E-state index contributed by atoms with van der Waals surface area (Å²) in [6, 6.07) is 10.5. The van der Waals surface area contributed by atoms with Crippen LogP contribution in [0.1, 0.15) is 31.7 Å². The van der Waals surface area contributed by atoms with Crippen LogP contribution in [0.5, 0.6) is 0 Å². The van der Waals surface area contributed by atoms with Crippen LogP contribution in [0.2, 0.25) is 0 Å². The van der Waals surface area contributed by atoms with E-state index in [4.69, 9.17) is 0 Å². The maximum atomic E-state index is 12.0. The van der Waals surface area contributed by atoms with Crippen LogP contribution in [0.4, 0.5) is 0 Å². The van der Waals surface area contributed by atoms with Gasteiger partial charge < -0.3 is 10.2 Å². The molecule has 4 heteroatoms. The highest BCUT2D eigenvalue weighted by Gasteiger charge is 2.22. The fourth-order valence-electron chi connectivity index (χ4n) is 2.74. The monoisotopic (exact) mass is 288 g/mol. The molecule has 1 saturated heterocycles. The Hall–Kier alpha value is -1.84. The quantitative estimate of drug-likeness (QED) is 0.901. The van der Waals surface area contributed by atoms with Gasteiger partial charge in [0.1, 0.15) is 0 Å². The molecule has 114 valence electrons. The summed E-state index contributed by atoms with van der Waals surface area (Å²) in [6.07, 6.45) is 3.60. The largest absolute Gasteiger partial charge is 0.347 e. The normalized spacial score (nSPS) is 15.8. The van der Waals surface area contributed by atoms with Crippen LogP contribution in [0.15, 0.2) is 30.3 Å². The number of likely N-dealkylation sites (tertiary alicyclic amines) is 1. The average Bonchev–Trinajstić information content (AvgIpc) is 2.54. The lowest BCUT2D eigenvalue weighted by Gasteiger charge is -2.32. The molecule has 4 nitrogen and oxygen atoms in total. The van der Waals surface area contributed by atoms with E-state index in [-0.39, 0.29) is 18.4 Å². The molecule has 0 radical (unpaired) electrons. The third-order valence-corrected chi connectivity index (χ3v) is 4.09. The summed E-state index contributed by atoms with van der Waals surface area (Å²) in [4.78, 5) is 25.0. The van der Waals surface area contributed by atoms with Crippen molar-refractivity contribution in [2.45, 2.75) is 32.6 Å². The van der Waals surface area contributed by atoms with Crippen molar-refractivity contribution >= 4 is 11.8 Å². The van der Waals surface area contributed by atoms with E-state index in [2.05, 4.69) is 29.6 Å². The molecular formula is C17H24N2O2. The first-order valence-electron chi connectivity index (χ1n) is 7.77. The molecular weight excluding hydrogens is 264 g/mol. The summed E-state index contributed by atoms with van der Waals surface area (Å²) in [7, 11) is 0. The number of rotatable bonds is 5. The van der Waals surface area contributed by atoms with Gasteiger partial charge in [0.25, 0.3) is 0 Å². The summed E-state index contributed by atoms with van der Waals surface area (Å²) >= 11 is 0. The predicted octanol–water partition coefficient (Wildman–Crippen LogP) is 1.99. The fraction of sp³-hybridized carbons (Fsp3) is 0.529. The molecule has 1 aromatic carbocycles. The van der Waals surface area contributed by atoms with E-state index >= 15 is 0 Å². The number of nitrogens with zero attached hydrogens (tertiary/aromatic N) is 1. The summed E-state index contributed by atoms with van der Waals surface area (Å²) in [5.41, 5.74) is 1.37. The highest BCUT2D eigenvalue weighted by Crippen LogP contribution is 2.21. The van der Waals surface area contributed by atoms with Gasteiger partial charge in [-0.25, -0.2) is 0 Å². The summed E-state index contributed by atoms with van der Waals surface area (Å²) in [5, 5.41) is 2.65. The van der Waals surface area contributed by atoms with Crippen molar-refractivity contribution in [3.63, 3.8) is 0 Å². The van der Waals surface area contributed by atoms with E-state index in [1.165, 1.54) is 5.56 Å². The van der Waals surface area contributed by atoms with E-state index in [1.54, 1.807) is 6.92 Å². The Labute approximate surface area is 126 Å². The van der Waals surface area contributed by atoms with E-state index < -0.39 is 0 Å². The first-order valence-corrected chi connectivity index (χ1v) is 7.77. The van der Waals surface area contributed by atoms with Crippen molar-refractivity contribution < 1.29 is 9.59 Å². The standard InChI is InChI=1S/C17H24N2O2/c1-2-16(20)18-13-17(21)19-10-8-15(9-11-19)12-14-6-4-3-5-7-14/h3-7,15H,2,8-13H2,1H3,(H,18,20). The minimum Gasteiger partial charge on any atom is -0.347 e. The van der Waals surface area contributed by atoms with Crippen LogP contribution < -0.4 is 5.32 Å². The van der Waals surface area contributed by atoms with Crippen LogP contribution in [0, 0.1) is 5.92 Å². The minimum absolute atomic E-state index is 0.0370. The Bertz CT molecular complexity index is 465. The zero-order chi connectivity index (χ0) is 15.1. The van der Waals surface area contributed by atoms with Crippen LogP contribution >= 0.6 is 0 Å². The molecule has 0 saturated carbocycles. The molecule has 21 heavy (non-hydrogen) atoms. The second kappa shape index (κ2) is 7.81. The second-order valence-electron chi connectivity index (χ2n) is 5.64. The molecule has 0 unspecified atom stereocenters.